The highest BCUT2D eigenvalue weighted by molar-refractivity contribution is 6.05. The Bertz CT molecular complexity index is 1010. The van der Waals surface area contributed by atoms with Crippen LogP contribution in [0.5, 0.6) is 11.5 Å². The Morgan fingerprint density at radius 2 is 1.32 bits per heavy atom. The van der Waals surface area contributed by atoms with Gasteiger partial charge in [0.15, 0.2) is 0 Å². The van der Waals surface area contributed by atoms with Gasteiger partial charge < -0.3 is 20.3 Å². The monoisotopic (exact) mass is 563 g/mol. The molecule has 1 fully saturated rings. The van der Waals surface area contributed by atoms with E-state index < -0.39 is 0 Å². The van der Waals surface area contributed by atoms with E-state index >= 15 is 0 Å². The van der Waals surface area contributed by atoms with E-state index in [1.807, 2.05) is 103 Å². The summed E-state index contributed by atoms with van der Waals surface area (Å²) in [5.74, 6) is 1.26. The van der Waals surface area contributed by atoms with Crippen LogP contribution in [0.1, 0.15) is 83.1 Å². The first-order chi connectivity index (χ1) is 20.0. The Balaban J connectivity index is 0. The van der Waals surface area contributed by atoms with Crippen LogP contribution in [0.25, 0.3) is 0 Å². The van der Waals surface area contributed by atoms with Crippen LogP contribution in [0.2, 0.25) is 0 Å². The fourth-order valence-corrected chi connectivity index (χ4v) is 3.46. The molecule has 1 heterocycles. The molecule has 0 spiro atoms. The summed E-state index contributed by atoms with van der Waals surface area (Å²) in [5, 5.41) is 5.74. The third-order valence-electron chi connectivity index (χ3n) is 5.53. The molecule has 0 aromatic heterocycles. The van der Waals surface area contributed by atoms with Gasteiger partial charge in [-0.05, 0) is 88.0 Å². The van der Waals surface area contributed by atoms with Crippen molar-refractivity contribution in [2.75, 3.05) is 37.4 Å². The van der Waals surface area contributed by atoms with Crippen LogP contribution in [0.3, 0.4) is 0 Å². The van der Waals surface area contributed by atoms with Crippen molar-refractivity contribution >= 4 is 17.3 Å². The molecule has 0 unspecified atom stereocenters. The second kappa shape index (κ2) is 26.6. The van der Waals surface area contributed by atoms with Crippen LogP contribution in [0.15, 0.2) is 86.0 Å². The fraction of sp³-hybridized carbons (Fsp3) is 0.417. The third kappa shape index (κ3) is 16.3. The van der Waals surface area contributed by atoms with Crippen molar-refractivity contribution in [2.24, 2.45) is 0 Å². The van der Waals surface area contributed by atoms with Gasteiger partial charge in [0.25, 0.3) is 5.91 Å². The number of unbranched alkanes of at least 4 members (excludes halogenated alkanes) is 1. The summed E-state index contributed by atoms with van der Waals surface area (Å²) < 4.78 is 5.86. The average molecular weight is 564 g/mol. The number of nitrogens with zero attached hydrogens (tertiary/aromatic N) is 1. The summed E-state index contributed by atoms with van der Waals surface area (Å²) in [6.07, 6.45) is 5.14. The fourth-order valence-electron chi connectivity index (χ4n) is 3.46. The molecule has 3 aromatic carbocycles. The molecule has 5 heteroatoms. The van der Waals surface area contributed by atoms with Crippen molar-refractivity contribution in [3.8, 4) is 11.5 Å². The molecule has 4 rings (SSSR count). The largest absolute Gasteiger partial charge is 0.457 e. The molecule has 3 aromatic rings. The molecule has 0 bridgehead atoms. The number of hydrogen-bond acceptors (Lipinski definition) is 4. The highest BCUT2D eigenvalue weighted by Gasteiger charge is 2.14. The molecule has 0 aliphatic carbocycles. The number of carbonyl (C=O) groups excluding carboxylic acids is 1. The molecular formula is C36H57N3O2. The summed E-state index contributed by atoms with van der Waals surface area (Å²) in [5.41, 5.74) is 3.52. The predicted molar refractivity (Wildman–Crippen MR) is 183 cm³/mol. The number of benzene rings is 3. The second-order valence-corrected chi connectivity index (χ2v) is 8.59. The number of hydrogen-bond donors (Lipinski definition) is 2. The SMILES string of the molecule is C=C.CC.CC.CCCC.CNC.Cc1ccc(Oc2ccccc2)cc1C(=O)Nc1ccc(N2CCCC2)cc1. The van der Waals surface area contributed by atoms with E-state index in [9.17, 15) is 4.79 Å². The van der Waals surface area contributed by atoms with Gasteiger partial charge in [-0.25, -0.2) is 0 Å². The van der Waals surface area contributed by atoms with Gasteiger partial charge in [0.1, 0.15) is 11.5 Å². The van der Waals surface area contributed by atoms with Gasteiger partial charge in [-0.2, -0.15) is 0 Å². The number of rotatable bonds is 6. The smallest absolute Gasteiger partial charge is 0.256 e. The number of para-hydroxylation sites is 1. The standard InChI is InChI=1S/C24H24N2O2.C4H10.C2H7N.2C2H6.C2H4/c1-18-9-14-22(28-21-7-3-2-4-8-21)17-23(18)24(27)25-19-10-12-20(13-11-19)26-15-5-6-16-26;1-3-4-2;1-3-2;3*1-2/h2-4,7-14,17H,5-6,15-16H2,1H3,(H,25,27);3-4H2,1-2H3;3H,1-2H3;2*1-2H3;1-2H2. The Morgan fingerprint density at radius 3 is 1.80 bits per heavy atom. The average Bonchev–Trinajstić information content (AvgIpc) is 3.58. The topological polar surface area (TPSA) is 53.6 Å². The van der Waals surface area contributed by atoms with Gasteiger partial charge in [-0.1, -0.05) is 78.6 Å². The molecule has 2 N–H and O–H groups in total. The van der Waals surface area contributed by atoms with Gasteiger partial charge in [-0.3, -0.25) is 4.79 Å². The maximum atomic E-state index is 12.8. The first-order valence-corrected chi connectivity index (χ1v) is 15.1. The third-order valence-corrected chi connectivity index (χ3v) is 5.53. The predicted octanol–water partition coefficient (Wildman–Crippen LogP) is 10.1. The van der Waals surface area contributed by atoms with Crippen LogP contribution in [0, 0.1) is 6.92 Å². The first kappa shape index (κ1) is 39.6. The van der Waals surface area contributed by atoms with Gasteiger partial charge in [0.05, 0.1) is 0 Å². The van der Waals surface area contributed by atoms with Crippen LogP contribution in [0.4, 0.5) is 11.4 Å². The molecule has 1 amide bonds. The molecule has 1 aliphatic rings. The first-order valence-electron chi connectivity index (χ1n) is 15.1. The van der Waals surface area contributed by atoms with E-state index in [2.05, 4.69) is 54.7 Å². The highest BCUT2D eigenvalue weighted by Crippen LogP contribution is 2.25. The molecular weight excluding hydrogens is 506 g/mol. The highest BCUT2D eigenvalue weighted by atomic mass is 16.5. The zero-order chi connectivity index (χ0) is 31.5. The minimum atomic E-state index is -0.134. The molecule has 41 heavy (non-hydrogen) atoms. The quantitative estimate of drug-likeness (QED) is 0.293. The van der Waals surface area contributed by atoms with Gasteiger partial charge >= 0.3 is 0 Å². The Labute approximate surface area is 252 Å². The lowest BCUT2D eigenvalue weighted by Gasteiger charge is -2.18. The second-order valence-electron chi connectivity index (χ2n) is 8.59. The van der Waals surface area contributed by atoms with Crippen LogP contribution in [-0.4, -0.2) is 33.1 Å². The van der Waals surface area contributed by atoms with E-state index in [0.29, 0.717) is 11.3 Å². The van der Waals surface area contributed by atoms with Crippen molar-refractivity contribution in [3.63, 3.8) is 0 Å². The number of anilines is 2. The number of aryl methyl sites for hydroxylation is 1. The van der Waals surface area contributed by atoms with Crippen molar-refractivity contribution in [3.05, 3.63) is 97.1 Å². The summed E-state index contributed by atoms with van der Waals surface area (Å²) >= 11 is 0. The lowest BCUT2D eigenvalue weighted by atomic mass is 10.1. The minimum absolute atomic E-state index is 0.134. The Kier molecular flexibility index (Phi) is 25.7. The summed E-state index contributed by atoms with van der Waals surface area (Å²) in [6, 6.07) is 23.2. The van der Waals surface area contributed by atoms with Crippen molar-refractivity contribution in [2.45, 2.75) is 74.1 Å². The number of amides is 1. The summed E-state index contributed by atoms with van der Waals surface area (Å²) in [4.78, 5) is 15.2. The lowest BCUT2D eigenvalue weighted by Crippen LogP contribution is -2.17. The zero-order valence-electron chi connectivity index (χ0n) is 27.3. The van der Waals surface area contributed by atoms with Crippen LogP contribution < -0.4 is 20.3 Å². The van der Waals surface area contributed by atoms with Gasteiger partial charge in [0.2, 0.25) is 0 Å². The molecule has 0 saturated carbocycles. The number of ether oxygens (including phenoxy) is 1. The minimum Gasteiger partial charge on any atom is -0.457 e. The van der Waals surface area contributed by atoms with Crippen LogP contribution >= 0.6 is 0 Å². The lowest BCUT2D eigenvalue weighted by molar-refractivity contribution is 0.102. The van der Waals surface area contributed by atoms with E-state index in [-0.39, 0.29) is 5.91 Å². The molecule has 228 valence electrons. The van der Waals surface area contributed by atoms with Crippen molar-refractivity contribution in [1.82, 2.24) is 5.32 Å². The van der Waals surface area contributed by atoms with E-state index in [0.717, 1.165) is 30.1 Å². The number of carbonyl (C=O) groups is 1. The van der Waals surface area contributed by atoms with Crippen molar-refractivity contribution in [1.29, 1.82) is 0 Å². The summed E-state index contributed by atoms with van der Waals surface area (Å²) in [7, 11) is 3.75. The van der Waals surface area contributed by atoms with Gasteiger partial charge in [-0.15, -0.1) is 13.2 Å². The molecule has 0 radical (unpaired) electrons. The maximum Gasteiger partial charge on any atom is 0.256 e. The molecule has 5 nitrogen and oxygen atoms in total. The van der Waals surface area contributed by atoms with Crippen molar-refractivity contribution < 1.29 is 9.53 Å². The van der Waals surface area contributed by atoms with E-state index in [4.69, 9.17) is 4.74 Å². The Morgan fingerprint density at radius 1 is 0.805 bits per heavy atom. The Hall–Kier alpha value is -3.57. The molecule has 0 atom stereocenters. The summed E-state index contributed by atoms with van der Waals surface area (Å²) in [6.45, 7) is 22.5. The van der Waals surface area contributed by atoms with Gasteiger partial charge in [0, 0.05) is 30.0 Å². The normalized spacial score (nSPS) is 10.7. The maximum absolute atomic E-state index is 12.8. The van der Waals surface area contributed by atoms with Crippen LogP contribution in [-0.2, 0) is 0 Å². The van der Waals surface area contributed by atoms with E-state index in [1.54, 1.807) is 6.07 Å². The van der Waals surface area contributed by atoms with E-state index in [1.165, 1.54) is 31.4 Å². The molecule has 1 aliphatic heterocycles. The molecule has 1 saturated heterocycles. The number of nitrogens with one attached hydrogen (secondary N) is 2. The zero-order valence-corrected chi connectivity index (χ0v) is 27.3.